The molecule has 0 aromatic heterocycles. The molecule has 98 valence electrons. The van der Waals surface area contributed by atoms with Crippen molar-refractivity contribution >= 4 is 17.7 Å². The highest BCUT2D eigenvalue weighted by molar-refractivity contribution is 8.00. The predicted molar refractivity (Wildman–Crippen MR) is 67.7 cm³/mol. The van der Waals surface area contributed by atoms with Gasteiger partial charge in [0.1, 0.15) is 11.6 Å². The third kappa shape index (κ3) is 2.77. The Bertz CT molecular complexity index is 307. The van der Waals surface area contributed by atoms with Crippen molar-refractivity contribution in [3.63, 3.8) is 0 Å². The average Bonchev–Trinajstić information content (AvgIpc) is 2.74. The molecule has 0 radical (unpaired) electrons. The van der Waals surface area contributed by atoms with E-state index < -0.39 is 5.60 Å². The molecule has 3 atom stereocenters. The SMILES string of the molecule is CC1CC(C(=O)OC(C)(C)C)NC12OCCS2. The molecule has 17 heavy (non-hydrogen) atoms. The minimum atomic E-state index is -0.429. The van der Waals surface area contributed by atoms with Crippen LogP contribution < -0.4 is 5.32 Å². The molecule has 0 aliphatic carbocycles. The van der Waals surface area contributed by atoms with Gasteiger partial charge < -0.3 is 9.47 Å². The van der Waals surface area contributed by atoms with Crippen molar-refractivity contribution in [1.29, 1.82) is 0 Å². The molecule has 2 aliphatic heterocycles. The maximum Gasteiger partial charge on any atom is 0.323 e. The van der Waals surface area contributed by atoms with Gasteiger partial charge >= 0.3 is 5.97 Å². The lowest BCUT2D eigenvalue weighted by molar-refractivity contribution is -0.157. The van der Waals surface area contributed by atoms with E-state index in [1.54, 1.807) is 11.8 Å². The molecule has 0 bridgehead atoms. The van der Waals surface area contributed by atoms with E-state index in [9.17, 15) is 4.79 Å². The number of esters is 1. The third-order valence-electron chi connectivity index (χ3n) is 3.02. The second kappa shape index (κ2) is 4.44. The summed E-state index contributed by atoms with van der Waals surface area (Å²) in [5.74, 6) is 1.14. The Morgan fingerprint density at radius 2 is 2.24 bits per heavy atom. The highest BCUT2D eigenvalue weighted by Gasteiger charge is 2.51. The largest absolute Gasteiger partial charge is 0.459 e. The van der Waals surface area contributed by atoms with Crippen molar-refractivity contribution in [3.8, 4) is 0 Å². The molecule has 2 aliphatic rings. The van der Waals surface area contributed by atoms with Crippen LogP contribution in [0.1, 0.15) is 34.1 Å². The Kier molecular flexibility index (Phi) is 3.45. The standard InChI is InChI=1S/C12H21NO3S/c1-8-7-9(10(14)16-11(2,3)4)13-12(8)15-5-6-17-12/h8-9,13H,5-7H2,1-4H3. The lowest BCUT2D eigenvalue weighted by Crippen LogP contribution is -2.46. The minimum absolute atomic E-state index is 0.169. The molecule has 2 rings (SSSR count). The maximum atomic E-state index is 12.0. The first-order chi connectivity index (χ1) is 7.82. The summed E-state index contributed by atoms with van der Waals surface area (Å²) < 4.78 is 11.2. The molecule has 0 amide bonds. The average molecular weight is 259 g/mol. The molecule has 2 heterocycles. The summed E-state index contributed by atoms with van der Waals surface area (Å²) >= 11 is 1.76. The van der Waals surface area contributed by atoms with Crippen molar-refractivity contribution in [2.45, 2.75) is 50.8 Å². The van der Waals surface area contributed by atoms with Crippen molar-refractivity contribution < 1.29 is 14.3 Å². The van der Waals surface area contributed by atoms with E-state index in [-0.39, 0.29) is 17.1 Å². The first kappa shape index (κ1) is 13.2. The van der Waals surface area contributed by atoms with Gasteiger partial charge in [-0.3, -0.25) is 10.1 Å². The Hall–Kier alpha value is -0.260. The van der Waals surface area contributed by atoms with Gasteiger partial charge in [-0.25, -0.2) is 0 Å². The highest BCUT2D eigenvalue weighted by atomic mass is 32.2. The van der Waals surface area contributed by atoms with Gasteiger partial charge in [0.15, 0.2) is 5.06 Å². The van der Waals surface area contributed by atoms with E-state index in [1.165, 1.54) is 0 Å². The summed E-state index contributed by atoms with van der Waals surface area (Å²) in [5.41, 5.74) is -0.429. The van der Waals surface area contributed by atoms with Crippen LogP contribution in [0.3, 0.4) is 0 Å². The van der Waals surface area contributed by atoms with Gasteiger partial charge in [0.25, 0.3) is 0 Å². The fraction of sp³-hybridized carbons (Fsp3) is 0.917. The van der Waals surface area contributed by atoms with Crippen LogP contribution >= 0.6 is 11.8 Å². The normalized spacial score (nSPS) is 37.6. The fourth-order valence-electron chi connectivity index (χ4n) is 2.28. The Labute approximate surface area is 107 Å². The first-order valence-corrected chi connectivity index (χ1v) is 7.09. The number of hydrogen-bond donors (Lipinski definition) is 1. The molecule has 2 fully saturated rings. The van der Waals surface area contributed by atoms with Crippen LogP contribution in [0.25, 0.3) is 0 Å². The maximum absolute atomic E-state index is 12.0. The number of carbonyl (C=O) groups excluding carboxylic acids is 1. The van der Waals surface area contributed by atoms with Gasteiger partial charge in [0, 0.05) is 11.7 Å². The molecule has 0 aromatic carbocycles. The van der Waals surface area contributed by atoms with Crippen molar-refractivity contribution in [3.05, 3.63) is 0 Å². The number of thioether (sulfide) groups is 1. The molecule has 1 spiro atoms. The van der Waals surface area contributed by atoms with Crippen LogP contribution in [0.2, 0.25) is 0 Å². The van der Waals surface area contributed by atoms with Crippen LogP contribution in [-0.4, -0.2) is 35.0 Å². The van der Waals surface area contributed by atoms with Crippen molar-refractivity contribution in [2.24, 2.45) is 5.92 Å². The number of hydrogen-bond acceptors (Lipinski definition) is 5. The lowest BCUT2D eigenvalue weighted by Gasteiger charge is -2.27. The van der Waals surface area contributed by atoms with E-state index in [0.29, 0.717) is 5.92 Å². The van der Waals surface area contributed by atoms with Gasteiger partial charge in [-0.05, 0) is 27.2 Å². The van der Waals surface area contributed by atoms with E-state index >= 15 is 0 Å². The molecular weight excluding hydrogens is 238 g/mol. The Morgan fingerprint density at radius 3 is 2.76 bits per heavy atom. The minimum Gasteiger partial charge on any atom is -0.459 e. The van der Waals surface area contributed by atoms with E-state index in [4.69, 9.17) is 9.47 Å². The van der Waals surface area contributed by atoms with E-state index in [2.05, 4.69) is 12.2 Å². The summed E-state index contributed by atoms with van der Waals surface area (Å²) in [4.78, 5) is 12.0. The number of rotatable bonds is 1. The van der Waals surface area contributed by atoms with Gasteiger partial charge in [-0.1, -0.05) is 6.92 Å². The van der Waals surface area contributed by atoms with Crippen molar-refractivity contribution in [1.82, 2.24) is 5.32 Å². The highest BCUT2D eigenvalue weighted by Crippen LogP contribution is 2.43. The van der Waals surface area contributed by atoms with Crippen molar-refractivity contribution in [2.75, 3.05) is 12.4 Å². The summed E-state index contributed by atoms with van der Waals surface area (Å²) in [6, 6.07) is -0.241. The smallest absolute Gasteiger partial charge is 0.323 e. The van der Waals surface area contributed by atoms with Gasteiger partial charge in [0.2, 0.25) is 0 Å². The lowest BCUT2D eigenvalue weighted by atomic mass is 10.1. The third-order valence-corrected chi connectivity index (χ3v) is 4.46. The van der Waals surface area contributed by atoms with E-state index in [0.717, 1.165) is 18.8 Å². The molecule has 1 N–H and O–H groups in total. The van der Waals surface area contributed by atoms with Crippen LogP contribution in [0.5, 0.6) is 0 Å². The second-order valence-corrected chi connectivity index (χ2v) is 7.03. The molecule has 2 saturated heterocycles. The van der Waals surface area contributed by atoms with Crippen LogP contribution in [-0.2, 0) is 14.3 Å². The zero-order chi connectivity index (χ0) is 12.7. The summed E-state index contributed by atoms with van der Waals surface area (Å²) in [6.45, 7) is 8.54. The second-order valence-electron chi connectivity index (χ2n) is 5.73. The first-order valence-electron chi connectivity index (χ1n) is 6.11. The molecule has 4 nitrogen and oxygen atoms in total. The Morgan fingerprint density at radius 1 is 1.53 bits per heavy atom. The molecular formula is C12H21NO3S. The summed E-state index contributed by atoms with van der Waals surface area (Å²) in [6.07, 6.45) is 0.780. The number of nitrogens with one attached hydrogen (secondary N) is 1. The monoisotopic (exact) mass is 259 g/mol. The summed E-state index contributed by atoms with van der Waals surface area (Å²) in [7, 11) is 0. The van der Waals surface area contributed by atoms with Gasteiger partial charge in [-0.15, -0.1) is 11.8 Å². The fourth-order valence-corrected chi connectivity index (χ4v) is 3.52. The molecule has 3 unspecified atom stereocenters. The van der Waals surface area contributed by atoms with Gasteiger partial charge in [0.05, 0.1) is 6.61 Å². The molecule has 0 saturated carbocycles. The van der Waals surface area contributed by atoms with E-state index in [1.807, 2.05) is 20.8 Å². The van der Waals surface area contributed by atoms with Crippen LogP contribution in [0.15, 0.2) is 0 Å². The quantitative estimate of drug-likeness (QED) is 0.727. The zero-order valence-electron chi connectivity index (χ0n) is 10.9. The number of ether oxygens (including phenoxy) is 2. The topological polar surface area (TPSA) is 47.6 Å². The van der Waals surface area contributed by atoms with Crippen LogP contribution in [0.4, 0.5) is 0 Å². The molecule has 5 heteroatoms. The molecule has 0 aromatic rings. The van der Waals surface area contributed by atoms with Gasteiger partial charge in [-0.2, -0.15) is 0 Å². The Balaban J connectivity index is 1.99. The summed E-state index contributed by atoms with van der Waals surface area (Å²) in [5, 5.41) is 2.95. The zero-order valence-corrected chi connectivity index (χ0v) is 11.7. The number of carbonyl (C=O) groups is 1. The van der Waals surface area contributed by atoms with Crippen LogP contribution in [0, 0.1) is 5.92 Å². The predicted octanol–water partition coefficient (Wildman–Crippen LogP) is 1.74.